The molecule has 1 amide bonds. The maximum Gasteiger partial charge on any atom is 0.277 e. The van der Waals surface area contributed by atoms with E-state index in [-0.39, 0.29) is 24.8 Å². The number of thioether (sulfide) groups is 1. The topological polar surface area (TPSA) is 107 Å². The van der Waals surface area contributed by atoms with Crippen molar-refractivity contribution in [2.75, 3.05) is 12.3 Å². The predicted molar refractivity (Wildman–Crippen MR) is 129 cm³/mol. The molecule has 0 atom stereocenters. The van der Waals surface area contributed by atoms with Crippen LogP contribution in [0.15, 0.2) is 49.8 Å². The Morgan fingerprint density at radius 3 is 2.76 bits per heavy atom. The number of ether oxygens (including phenoxy) is 1. The van der Waals surface area contributed by atoms with Gasteiger partial charge < -0.3 is 18.5 Å². The number of amides is 1. The zero-order valence-electron chi connectivity index (χ0n) is 19.2. The number of aryl methyl sites for hydroxylation is 2. The first-order chi connectivity index (χ1) is 16.5. The summed E-state index contributed by atoms with van der Waals surface area (Å²) in [6, 6.07) is 9.84. The van der Waals surface area contributed by atoms with E-state index in [0.29, 0.717) is 29.4 Å². The molecule has 4 aromatic rings. The van der Waals surface area contributed by atoms with Gasteiger partial charge in [-0.1, -0.05) is 36.9 Å². The summed E-state index contributed by atoms with van der Waals surface area (Å²) >= 11 is 2.72. The molecule has 0 aliphatic heterocycles. The lowest BCUT2D eigenvalue weighted by atomic mass is 10.1. The van der Waals surface area contributed by atoms with Crippen LogP contribution >= 0.6 is 23.1 Å². The molecule has 4 rings (SSSR count). The molecule has 0 fully saturated rings. The molecule has 3 aromatic heterocycles. The zero-order valence-corrected chi connectivity index (χ0v) is 20.8. The minimum Gasteiger partial charge on any atom is -0.484 e. The van der Waals surface area contributed by atoms with Crippen LogP contribution in [0.5, 0.6) is 5.75 Å². The third-order valence-electron chi connectivity index (χ3n) is 4.83. The Balaban J connectivity index is 1.30. The summed E-state index contributed by atoms with van der Waals surface area (Å²) in [4.78, 5) is 15.4. The molecule has 1 aromatic carbocycles. The molecule has 178 valence electrons. The van der Waals surface area contributed by atoms with Gasteiger partial charge in [-0.15, -0.1) is 31.7 Å². The molecule has 9 nitrogen and oxygen atoms in total. The standard InChI is InChI=1S/C23H25N5O4S2/c1-4-9-28(12-19-24-26-22(31-19)18-6-5-10-33-18)21(29)14-34-23-27-25-20(32-23)13-30-17-11-15(2)7-8-16(17)3/h5-8,10-11H,4,9,12-14H2,1-3H3. The van der Waals surface area contributed by atoms with E-state index in [0.717, 1.165) is 28.2 Å². The number of nitrogens with zero attached hydrogens (tertiary/aromatic N) is 5. The monoisotopic (exact) mass is 499 g/mol. The average Bonchev–Trinajstić information content (AvgIpc) is 3.59. The number of benzene rings is 1. The number of hydrogen-bond donors (Lipinski definition) is 0. The van der Waals surface area contributed by atoms with Gasteiger partial charge in [-0.25, -0.2) is 0 Å². The minimum atomic E-state index is -0.0749. The average molecular weight is 500 g/mol. The van der Waals surface area contributed by atoms with Crippen LogP contribution < -0.4 is 4.74 Å². The second-order valence-electron chi connectivity index (χ2n) is 7.60. The van der Waals surface area contributed by atoms with Crippen LogP contribution in [0.4, 0.5) is 0 Å². The van der Waals surface area contributed by atoms with E-state index in [1.54, 1.807) is 4.90 Å². The van der Waals surface area contributed by atoms with E-state index in [9.17, 15) is 4.79 Å². The summed E-state index contributed by atoms with van der Waals surface area (Å²) in [6.07, 6.45) is 0.808. The number of carbonyl (C=O) groups excluding carboxylic acids is 1. The number of thiophene rings is 1. The number of carbonyl (C=O) groups is 1. The van der Waals surface area contributed by atoms with E-state index in [1.807, 2.05) is 56.5 Å². The lowest BCUT2D eigenvalue weighted by molar-refractivity contribution is -0.129. The maximum atomic E-state index is 12.8. The number of rotatable bonds is 11. The Morgan fingerprint density at radius 1 is 1.12 bits per heavy atom. The fourth-order valence-electron chi connectivity index (χ4n) is 3.11. The highest BCUT2D eigenvalue weighted by Crippen LogP contribution is 2.24. The fraction of sp³-hybridized carbons (Fsp3) is 0.348. The molecule has 0 spiro atoms. The molecule has 3 heterocycles. The SMILES string of the molecule is CCCN(Cc1nnc(-c2cccs2)o1)C(=O)CSc1nnc(COc2cc(C)ccc2C)o1. The van der Waals surface area contributed by atoms with Crippen LogP contribution in [0.3, 0.4) is 0 Å². The molecule has 0 N–H and O–H groups in total. The largest absolute Gasteiger partial charge is 0.484 e. The molecular formula is C23H25N5O4S2. The lowest BCUT2D eigenvalue weighted by Crippen LogP contribution is -2.32. The van der Waals surface area contributed by atoms with Crippen molar-refractivity contribution in [3.05, 3.63) is 58.6 Å². The van der Waals surface area contributed by atoms with E-state index < -0.39 is 0 Å². The third-order valence-corrected chi connectivity index (χ3v) is 6.49. The van der Waals surface area contributed by atoms with Gasteiger partial charge in [0.1, 0.15) is 5.75 Å². The van der Waals surface area contributed by atoms with Gasteiger partial charge in [0.05, 0.1) is 17.2 Å². The first-order valence-corrected chi connectivity index (χ1v) is 12.7. The molecule has 0 saturated heterocycles. The Kier molecular flexibility index (Phi) is 7.96. The van der Waals surface area contributed by atoms with E-state index in [4.69, 9.17) is 13.6 Å². The molecule has 0 radical (unpaired) electrons. The maximum absolute atomic E-state index is 12.8. The van der Waals surface area contributed by atoms with E-state index >= 15 is 0 Å². The van der Waals surface area contributed by atoms with E-state index in [2.05, 4.69) is 20.4 Å². The summed E-state index contributed by atoms with van der Waals surface area (Å²) in [5.74, 6) is 2.08. The normalized spacial score (nSPS) is 11.0. The van der Waals surface area contributed by atoms with Gasteiger partial charge in [-0.2, -0.15) is 0 Å². The Hall–Kier alpha value is -3.18. The lowest BCUT2D eigenvalue weighted by Gasteiger charge is -2.19. The first-order valence-electron chi connectivity index (χ1n) is 10.8. The molecule has 11 heteroatoms. The Morgan fingerprint density at radius 2 is 1.97 bits per heavy atom. The Labute approximate surface area is 205 Å². The number of hydrogen-bond acceptors (Lipinski definition) is 10. The van der Waals surface area contributed by atoms with E-state index in [1.165, 1.54) is 23.1 Å². The van der Waals surface area contributed by atoms with Crippen LogP contribution in [-0.4, -0.2) is 43.5 Å². The summed E-state index contributed by atoms with van der Waals surface area (Å²) in [7, 11) is 0. The van der Waals surface area contributed by atoms with Crippen molar-refractivity contribution in [1.82, 2.24) is 25.3 Å². The molecule has 0 unspecified atom stereocenters. The molecule has 0 aliphatic rings. The van der Waals surface area contributed by atoms with Gasteiger partial charge >= 0.3 is 0 Å². The van der Waals surface area contributed by atoms with Crippen molar-refractivity contribution in [2.24, 2.45) is 0 Å². The van der Waals surface area contributed by atoms with Crippen molar-refractivity contribution < 1.29 is 18.4 Å². The highest BCUT2D eigenvalue weighted by molar-refractivity contribution is 7.99. The molecule has 0 saturated carbocycles. The first kappa shape index (κ1) is 24.0. The van der Waals surface area contributed by atoms with Crippen LogP contribution in [0.1, 0.15) is 36.3 Å². The van der Waals surface area contributed by atoms with Crippen LogP contribution in [-0.2, 0) is 17.9 Å². The minimum absolute atomic E-state index is 0.0749. The zero-order chi connectivity index (χ0) is 23.9. The van der Waals surface area contributed by atoms with Gasteiger partial charge in [0.2, 0.25) is 11.8 Å². The molecule has 34 heavy (non-hydrogen) atoms. The van der Waals surface area contributed by atoms with Crippen molar-refractivity contribution in [1.29, 1.82) is 0 Å². The Bertz CT molecular complexity index is 1220. The molecule has 0 bridgehead atoms. The van der Waals surface area contributed by atoms with Gasteiger partial charge in [-0.3, -0.25) is 4.79 Å². The van der Waals surface area contributed by atoms with Gasteiger partial charge in [-0.05, 0) is 48.9 Å². The molecule has 0 aliphatic carbocycles. The summed E-state index contributed by atoms with van der Waals surface area (Å²) in [5, 5.41) is 18.5. The quantitative estimate of drug-likeness (QED) is 0.266. The number of aromatic nitrogens is 4. The van der Waals surface area contributed by atoms with Crippen molar-refractivity contribution in [2.45, 2.75) is 45.6 Å². The van der Waals surface area contributed by atoms with Crippen molar-refractivity contribution in [3.63, 3.8) is 0 Å². The highest BCUT2D eigenvalue weighted by Gasteiger charge is 2.19. The second-order valence-corrected chi connectivity index (χ2v) is 9.48. The van der Waals surface area contributed by atoms with Crippen LogP contribution in [0.2, 0.25) is 0 Å². The predicted octanol–water partition coefficient (Wildman–Crippen LogP) is 4.91. The van der Waals surface area contributed by atoms with Crippen molar-refractivity contribution in [3.8, 4) is 16.5 Å². The summed E-state index contributed by atoms with van der Waals surface area (Å²) < 4.78 is 17.2. The second kappa shape index (κ2) is 11.3. The van der Waals surface area contributed by atoms with Gasteiger partial charge in [0.25, 0.3) is 17.0 Å². The van der Waals surface area contributed by atoms with Crippen LogP contribution in [0.25, 0.3) is 10.8 Å². The smallest absolute Gasteiger partial charge is 0.277 e. The van der Waals surface area contributed by atoms with Gasteiger partial charge in [0.15, 0.2) is 6.61 Å². The van der Waals surface area contributed by atoms with Gasteiger partial charge in [0, 0.05) is 6.54 Å². The highest BCUT2D eigenvalue weighted by atomic mass is 32.2. The third kappa shape index (κ3) is 6.23. The fourth-order valence-corrected chi connectivity index (χ4v) is 4.44. The summed E-state index contributed by atoms with van der Waals surface area (Å²) in [5.41, 5.74) is 2.14. The van der Waals surface area contributed by atoms with Crippen molar-refractivity contribution >= 4 is 29.0 Å². The van der Waals surface area contributed by atoms with Crippen LogP contribution in [0, 0.1) is 13.8 Å². The summed E-state index contributed by atoms with van der Waals surface area (Å²) in [6.45, 7) is 7.00. The molecular weight excluding hydrogens is 474 g/mol.